The zero-order valence-corrected chi connectivity index (χ0v) is 21.6. The van der Waals surface area contributed by atoms with E-state index in [1.54, 1.807) is 22.4 Å². The third-order valence-electron chi connectivity index (χ3n) is 6.47. The molecule has 0 aliphatic heterocycles. The molecule has 3 N–H and O–H groups in total. The first-order valence-electron chi connectivity index (χ1n) is 12.4. The van der Waals surface area contributed by atoms with Gasteiger partial charge in [0, 0.05) is 36.4 Å². The van der Waals surface area contributed by atoms with E-state index >= 15 is 0 Å². The summed E-state index contributed by atoms with van der Waals surface area (Å²) in [4.78, 5) is 31.7. The van der Waals surface area contributed by atoms with Crippen molar-refractivity contribution in [3.05, 3.63) is 112 Å². The maximum Gasteiger partial charge on any atom is 0.264 e. The van der Waals surface area contributed by atoms with E-state index in [2.05, 4.69) is 37.4 Å². The highest BCUT2D eigenvalue weighted by molar-refractivity contribution is 6.04. The summed E-state index contributed by atoms with van der Waals surface area (Å²) in [6, 6.07) is 16.1. The SMILES string of the molecule is C[C@H](NC(=O)c1c(N)nn2nccnc12)c1cc2cccc(C#Cc3cnn(C)c3)c2c(=O)n1-c1ccccc1. The van der Waals surface area contributed by atoms with Gasteiger partial charge in [-0.3, -0.25) is 18.8 Å². The maximum atomic E-state index is 14.1. The lowest BCUT2D eigenvalue weighted by molar-refractivity contribution is 0.0941. The highest BCUT2D eigenvalue weighted by atomic mass is 16.2. The molecular weight excluding hydrogens is 506 g/mol. The Morgan fingerprint density at radius 3 is 2.65 bits per heavy atom. The van der Waals surface area contributed by atoms with Crippen LogP contribution in [0.5, 0.6) is 0 Å². The molecule has 1 atom stereocenters. The molecule has 2 aromatic carbocycles. The van der Waals surface area contributed by atoms with Crippen LogP contribution in [0.25, 0.3) is 22.1 Å². The van der Waals surface area contributed by atoms with Crippen molar-refractivity contribution in [2.24, 2.45) is 7.05 Å². The predicted molar refractivity (Wildman–Crippen MR) is 150 cm³/mol. The second-order valence-electron chi connectivity index (χ2n) is 9.18. The van der Waals surface area contributed by atoms with E-state index in [0.717, 1.165) is 5.56 Å². The normalized spacial score (nSPS) is 11.8. The van der Waals surface area contributed by atoms with Crippen LogP contribution in [-0.4, -0.2) is 40.1 Å². The fourth-order valence-electron chi connectivity index (χ4n) is 4.64. The molecule has 6 aromatic rings. The first kappa shape index (κ1) is 24.6. The Labute approximate surface area is 227 Å². The number of carbonyl (C=O) groups excluding carboxylic acids is 1. The Hall–Kier alpha value is -5.76. The number of hydrogen-bond acceptors (Lipinski definition) is 7. The minimum absolute atomic E-state index is 0.00620. The summed E-state index contributed by atoms with van der Waals surface area (Å²) in [5.74, 6) is 5.75. The third kappa shape index (κ3) is 4.33. The van der Waals surface area contributed by atoms with Gasteiger partial charge in [-0.2, -0.15) is 10.2 Å². The number of anilines is 1. The van der Waals surface area contributed by atoms with E-state index in [1.165, 1.54) is 17.0 Å². The number of aryl methyl sites for hydroxylation is 1. The van der Waals surface area contributed by atoms with Gasteiger partial charge >= 0.3 is 0 Å². The number of pyridine rings is 1. The Balaban J connectivity index is 1.48. The van der Waals surface area contributed by atoms with E-state index in [4.69, 9.17) is 5.73 Å². The van der Waals surface area contributed by atoms with Crippen molar-refractivity contribution in [1.82, 2.24) is 39.5 Å². The molecule has 0 spiro atoms. The molecular formula is C29H23N9O2. The first-order chi connectivity index (χ1) is 19.4. The smallest absolute Gasteiger partial charge is 0.264 e. The van der Waals surface area contributed by atoms with Crippen LogP contribution in [0.2, 0.25) is 0 Å². The largest absolute Gasteiger partial charge is 0.381 e. The number of amides is 1. The Morgan fingerprint density at radius 2 is 1.88 bits per heavy atom. The molecule has 6 rings (SSSR count). The summed E-state index contributed by atoms with van der Waals surface area (Å²) in [5.41, 5.74) is 8.70. The van der Waals surface area contributed by atoms with Crippen molar-refractivity contribution >= 4 is 28.1 Å². The number of nitrogen functional groups attached to an aromatic ring is 1. The average Bonchev–Trinajstić information content (AvgIpc) is 3.53. The number of para-hydroxylation sites is 1. The lowest BCUT2D eigenvalue weighted by atomic mass is 10.0. The van der Waals surface area contributed by atoms with Crippen LogP contribution in [-0.2, 0) is 7.05 Å². The second-order valence-corrected chi connectivity index (χ2v) is 9.18. The van der Waals surface area contributed by atoms with Crippen molar-refractivity contribution in [2.75, 3.05) is 5.73 Å². The van der Waals surface area contributed by atoms with Gasteiger partial charge in [0.1, 0.15) is 5.56 Å². The Bertz CT molecular complexity index is 2030. The molecule has 0 fully saturated rings. The van der Waals surface area contributed by atoms with Gasteiger partial charge in [0.15, 0.2) is 11.5 Å². The number of fused-ring (bicyclic) bond motifs is 2. The molecule has 0 aliphatic rings. The van der Waals surface area contributed by atoms with E-state index in [9.17, 15) is 9.59 Å². The number of benzene rings is 2. The number of nitrogens with one attached hydrogen (secondary N) is 1. The van der Waals surface area contributed by atoms with Gasteiger partial charge in [0.25, 0.3) is 11.5 Å². The van der Waals surface area contributed by atoms with Crippen molar-refractivity contribution in [2.45, 2.75) is 13.0 Å². The summed E-state index contributed by atoms with van der Waals surface area (Å²) in [6.45, 7) is 1.80. The van der Waals surface area contributed by atoms with Crippen LogP contribution in [0.1, 0.15) is 40.1 Å². The number of nitrogens with two attached hydrogens (primary N) is 1. The molecule has 196 valence electrons. The van der Waals surface area contributed by atoms with Gasteiger partial charge in [0.05, 0.1) is 29.4 Å². The van der Waals surface area contributed by atoms with Crippen molar-refractivity contribution in [3.63, 3.8) is 0 Å². The van der Waals surface area contributed by atoms with E-state index < -0.39 is 11.9 Å². The fraction of sp³-hybridized carbons (Fsp3) is 0.103. The Morgan fingerprint density at radius 1 is 1.05 bits per heavy atom. The van der Waals surface area contributed by atoms with E-state index in [1.807, 2.05) is 67.8 Å². The standard InChI is InChI=1S/C29H23N9O2/c1-18(34-28(39)25-26(30)35-38-27(25)31-13-14-32-38)23-15-21-8-6-7-20(12-11-19-16-33-36(2)17-19)24(21)29(40)37(23)22-9-4-3-5-10-22/h3-10,13-18H,1-2H3,(H2,30,35)(H,34,39)/t18-/m0/s1. The third-order valence-corrected chi connectivity index (χ3v) is 6.47. The minimum Gasteiger partial charge on any atom is -0.381 e. The zero-order valence-electron chi connectivity index (χ0n) is 21.6. The van der Waals surface area contributed by atoms with E-state index in [0.29, 0.717) is 27.7 Å². The van der Waals surface area contributed by atoms with Crippen LogP contribution in [0, 0.1) is 11.8 Å². The molecule has 40 heavy (non-hydrogen) atoms. The molecule has 0 aliphatic carbocycles. The van der Waals surface area contributed by atoms with Crippen LogP contribution in [0.4, 0.5) is 5.82 Å². The highest BCUT2D eigenvalue weighted by Gasteiger charge is 2.24. The first-order valence-corrected chi connectivity index (χ1v) is 12.4. The van der Waals surface area contributed by atoms with Gasteiger partial charge in [-0.1, -0.05) is 42.2 Å². The van der Waals surface area contributed by atoms with Crippen molar-refractivity contribution < 1.29 is 4.79 Å². The van der Waals surface area contributed by atoms with Crippen LogP contribution >= 0.6 is 0 Å². The molecule has 4 aromatic heterocycles. The van der Waals surface area contributed by atoms with Crippen LogP contribution < -0.4 is 16.6 Å². The van der Waals surface area contributed by atoms with Gasteiger partial charge in [-0.15, -0.1) is 9.73 Å². The average molecular weight is 530 g/mol. The topological polar surface area (TPSA) is 138 Å². The molecule has 0 radical (unpaired) electrons. The summed E-state index contributed by atoms with van der Waals surface area (Å²) in [5, 5.41) is 16.4. The highest BCUT2D eigenvalue weighted by Crippen LogP contribution is 2.24. The molecule has 11 heteroatoms. The molecule has 0 bridgehead atoms. The summed E-state index contributed by atoms with van der Waals surface area (Å²) in [6.07, 6.45) is 6.39. The van der Waals surface area contributed by atoms with E-state index in [-0.39, 0.29) is 22.6 Å². The number of aromatic nitrogens is 7. The van der Waals surface area contributed by atoms with Gasteiger partial charge in [-0.25, -0.2) is 4.98 Å². The number of nitrogens with zero attached hydrogens (tertiary/aromatic N) is 7. The second kappa shape index (κ2) is 9.85. The molecule has 1 amide bonds. The summed E-state index contributed by atoms with van der Waals surface area (Å²) in [7, 11) is 1.82. The van der Waals surface area contributed by atoms with Gasteiger partial charge in [-0.05, 0) is 36.6 Å². The quantitative estimate of drug-likeness (QED) is 0.335. The summed E-state index contributed by atoms with van der Waals surface area (Å²) < 4.78 is 4.48. The maximum absolute atomic E-state index is 14.1. The number of hydrogen-bond donors (Lipinski definition) is 2. The van der Waals surface area contributed by atoms with Crippen LogP contribution in [0.3, 0.4) is 0 Å². The number of carbonyl (C=O) groups is 1. The van der Waals surface area contributed by atoms with Crippen molar-refractivity contribution in [1.29, 1.82) is 0 Å². The van der Waals surface area contributed by atoms with Crippen LogP contribution in [0.15, 0.2) is 84.2 Å². The molecule has 0 unspecified atom stereocenters. The monoisotopic (exact) mass is 529 g/mol. The lowest BCUT2D eigenvalue weighted by Crippen LogP contribution is -2.32. The van der Waals surface area contributed by atoms with Crippen molar-refractivity contribution in [3.8, 4) is 17.5 Å². The molecule has 0 saturated heterocycles. The Kier molecular flexibility index (Phi) is 6.05. The fourth-order valence-corrected chi connectivity index (χ4v) is 4.64. The molecule has 11 nitrogen and oxygen atoms in total. The lowest BCUT2D eigenvalue weighted by Gasteiger charge is -2.21. The molecule has 0 saturated carbocycles. The molecule has 4 heterocycles. The number of rotatable bonds is 4. The van der Waals surface area contributed by atoms with Gasteiger partial charge in [0.2, 0.25) is 0 Å². The predicted octanol–water partition coefficient (Wildman–Crippen LogP) is 2.63. The zero-order chi connectivity index (χ0) is 27.8. The minimum atomic E-state index is -0.596. The van der Waals surface area contributed by atoms with Gasteiger partial charge < -0.3 is 11.1 Å². The summed E-state index contributed by atoms with van der Waals surface area (Å²) >= 11 is 0.